The molecular formula is C15H24O6. The number of rotatable bonds is 4. The largest absolute Gasteiger partial charge is 0.387 e. The third-order valence-corrected chi connectivity index (χ3v) is 4.41. The lowest BCUT2D eigenvalue weighted by Gasteiger charge is -2.54. The molecule has 1 heterocycles. The molecule has 120 valence electrons. The van der Waals surface area contributed by atoms with Gasteiger partial charge in [0.25, 0.3) is 0 Å². The topological polar surface area (TPSA) is 99.4 Å². The van der Waals surface area contributed by atoms with Crippen molar-refractivity contribution in [3.8, 4) is 0 Å². The van der Waals surface area contributed by atoms with Crippen molar-refractivity contribution in [3.05, 3.63) is 25.3 Å². The van der Waals surface area contributed by atoms with E-state index >= 15 is 0 Å². The molecule has 0 radical (unpaired) electrons. The molecule has 1 aliphatic heterocycles. The van der Waals surface area contributed by atoms with Crippen molar-refractivity contribution in [2.45, 2.75) is 68.1 Å². The van der Waals surface area contributed by atoms with E-state index in [1.165, 1.54) is 12.2 Å². The zero-order chi connectivity index (χ0) is 16.1. The summed E-state index contributed by atoms with van der Waals surface area (Å²) in [6, 6.07) is 0. The molecule has 0 aromatic carbocycles. The van der Waals surface area contributed by atoms with Crippen molar-refractivity contribution in [1.82, 2.24) is 0 Å². The lowest BCUT2D eigenvalue weighted by molar-refractivity contribution is -0.291. The molecule has 6 heteroatoms. The smallest absolute Gasteiger partial charge is 0.164 e. The minimum absolute atomic E-state index is 0.0261. The molecule has 4 N–H and O–H groups in total. The highest BCUT2D eigenvalue weighted by Gasteiger charge is 2.70. The van der Waals surface area contributed by atoms with E-state index in [4.69, 9.17) is 9.47 Å². The van der Waals surface area contributed by atoms with Crippen molar-refractivity contribution < 1.29 is 29.9 Å². The van der Waals surface area contributed by atoms with Crippen LogP contribution in [-0.2, 0) is 9.47 Å². The minimum Gasteiger partial charge on any atom is -0.387 e. The zero-order valence-corrected chi connectivity index (χ0v) is 12.4. The first-order valence-electron chi connectivity index (χ1n) is 7.01. The highest BCUT2D eigenvalue weighted by molar-refractivity contribution is 5.22. The molecule has 0 spiro atoms. The van der Waals surface area contributed by atoms with Gasteiger partial charge in [0.2, 0.25) is 0 Å². The number of hydrogen-bond acceptors (Lipinski definition) is 6. The maximum Gasteiger partial charge on any atom is 0.164 e. The van der Waals surface area contributed by atoms with Gasteiger partial charge in [-0.1, -0.05) is 12.2 Å². The van der Waals surface area contributed by atoms with Crippen LogP contribution in [0.25, 0.3) is 0 Å². The molecule has 0 bridgehead atoms. The fourth-order valence-corrected chi connectivity index (χ4v) is 3.40. The highest BCUT2D eigenvalue weighted by atomic mass is 16.8. The number of aliphatic hydroxyl groups is 4. The first-order valence-corrected chi connectivity index (χ1v) is 7.01. The molecule has 0 aromatic rings. The van der Waals surface area contributed by atoms with Gasteiger partial charge in [-0.25, -0.2) is 0 Å². The van der Waals surface area contributed by atoms with Crippen LogP contribution in [0.2, 0.25) is 0 Å². The third kappa shape index (κ3) is 2.27. The molecule has 0 aromatic heterocycles. The molecule has 2 rings (SSSR count). The first-order chi connectivity index (χ1) is 9.63. The van der Waals surface area contributed by atoms with E-state index in [0.29, 0.717) is 0 Å². The van der Waals surface area contributed by atoms with Crippen LogP contribution in [0.3, 0.4) is 0 Å². The van der Waals surface area contributed by atoms with Gasteiger partial charge >= 0.3 is 0 Å². The van der Waals surface area contributed by atoms with Gasteiger partial charge < -0.3 is 29.9 Å². The summed E-state index contributed by atoms with van der Waals surface area (Å²) >= 11 is 0. The van der Waals surface area contributed by atoms with Crippen LogP contribution in [0, 0.1) is 0 Å². The van der Waals surface area contributed by atoms with E-state index in [-0.39, 0.29) is 12.8 Å². The average Bonchev–Trinajstić information content (AvgIpc) is 2.72. The van der Waals surface area contributed by atoms with E-state index in [1.54, 1.807) is 13.8 Å². The maximum absolute atomic E-state index is 11.1. The average molecular weight is 300 g/mol. The van der Waals surface area contributed by atoms with Crippen molar-refractivity contribution in [3.63, 3.8) is 0 Å². The second kappa shape index (κ2) is 5.15. The van der Waals surface area contributed by atoms with Crippen molar-refractivity contribution >= 4 is 0 Å². The molecule has 0 unspecified atom stereocenters. The quantitative estimate of drug-likeness (QED) is 0.539. The molecule has 6 atom stereocenters. The summed E-state index contributed by atoms with van der Waals surface area (Å²) in [4.78, 5) is 0. The Hall–Kier alpha value is -0.760. The molecule has 1 aliphatic carbocycles. The molecule has 21 heavy (non-hydrogen) atoms. The molecular weight excluding hydrogens is 276 g/mol. The van der Waals surface area contributed by atoms with Gasteiger partial charge in [0.1, 0.15) is 35.6 Å². The van der Waals surface area contributed by atoms with Gasteiger partial charge in [-0.15, -0.1) is 13.2 Å². The monoisotopic (exact) mass is 300 g/mol. The summed E-state index contributed by atoms with van der Waals surface area (Å²) in [5.74, 6) is -1.04. The van der Waals surface area contributed by atoms with Gasteiger partial charge in [-0.2, -0.15) is 0 Å². The molecule has 1 saturated heterocycles. The fraction of sp³-hybridized carbons (Fsp3) is 0.733. The van der Waals surface area contributed by atoms with Crippen LogP contribution in [0.4, 0.5) is 0 Å². The Morgan fingerprint density at radius 2 is 1.52 bits per heavy atom. The standard InChI is InChI=1S/C15H24O6/c1-5-7-14(18)11(17)9(16)10-12(15(14,19)8-6-2)21-13(3,4)20-10/h5-6,9-12,16-19H,1-2,7-8H2,3-4H3/t9-,10-,11+,12-,14-,15-/m1/s1. The minimum atomic E-state index is -2.01. The van der Waals surface area contributed by atoms with Gasteiger partial charge in [0, 0.05) is 0 Å². The van der Waals surface area contributed by atoms with Gasteiger partial charge in [-0.05, 0) is 26.7 Å². The second-order valence-corrected chi connectivity index (χ2v) is 6.29. The summed E-state index contributed by atoms with van der Waals surface area (Å²) < 4.78 is 11.3. The second-order valence-electron chi connectivity index (χ2n) is 6.29. The van der Waals surface area contributed by atoms with Crippen LogP contribution in [0.15, 0.2) is 25.3 Å². The van der Waals surface area contributed by atoms with Crippen molar-refractivity contribution in [2.75, 3.05) is 0 Å². The third-order valence-electron chi connectivity index (χ3n) is 4.41. The van der Waals surface area contributed by atoms with Gasteiger partial charge in [0.05, 0.1) is 0 Å². The Balaban J connectivity index is 2.52. The van der Waals surface area contributed by atoms with Crippen LogP contribution in [-0.4, -0.2) is 61.8 Å². The number of aliphatic hydroxyl groups excluding tert-OH is 2. The zero-order valence-electron chi connectivity index (χ0n) is 12.4. The van der Waals surface area contributed by atoms with E-state index in [2.05, 4.69) is 13.2 Å². The Labute approximate surface area is 124 Å². The molecule has 2 aliphatic rings. The predicted molar refractivity (Wildman–Crippen MR) is 75.4 cm³/mol. The van der Waals surface area contributed by atoms with E-state index in [9.17, 15) is 20.4 Å². The molecule has 1 saturated carbocycles. The Kier molecular flexibility index (Phi) is 4.08. The van der Waals surface area contributed by atoms with Crippen molar-refractivity contribution in [1.29, 1.82) is 0 Å². The molecule has 0 amide bonds. The Morgan fingerprint density at radius 1 is 1.00 bits per heavy atom. The van der Waals surface area contributed by atoms with Crippen LogP contribution in [0.1, 0.15) is 26.7 Å². The summed E-state index contributed by atoms with van der Waals surface area (Å²) in [5, 5.41) is 42.5. The summed E-state index contributed by atoms with van der Waals surface area (Å²) in [5.41, 5.74) is -3.85. The SMILES string of the molecule is C=CC[C@@]1(O)[C@@H]2OC(C)(C)O[C@@H]2[C@@H](O)[C@H](O)[C@]1(O)CC=C. The normalized spacial score (nSPS) is 48.7. The van der Waals surface area contributed by atoms with Crippen LogP contribution in [0.5, 0.6) is 0 Å². The number of fused-ring (bicyclic) bond motifs is 1. The number of ether oxygens (including phenoxy) is 2. The lowest BCUT2D eigenvalue weighted by Crippen LogP contribution is -2.76. The van der Waals surface area contributed by atoms with E-state index in [0.717, 1.165) is 0 Å². The molecule has 6 nitrogen and oxygen atoms in total. The highest BCUT2D eigenvalue weighted by Crippen LogP contribution is 2.49. The maximum atomic E-state index is 11.1. The lowest BCUT2D eigenvalue weighted by atomic mass is 9.63. The summed E-state index contributed by atoms with van der Waals surface area (Å²) in [7, 11) is 0. The van der Waals surface area contributed by atoms with E-state index < -0.39 is 41.4 Å². The predicted octanol–water partition coefficient (Wildman–Crippen LogP) is -0.144. The van der Waals surface area contributed by atoms with E-state index in [1.807, 2.05) is 0 Å². The van der Waals surface area contributed by atoms with Gasteiger partial charge in [0.15, 0.2) is 5.79 Å². The van der Waals surface area contributed by atoms with Crippen molar-refractivity contribution in [2.24, 2.45) is 0 Å². The summed E-state index contributed by atoms with van der Waals surface area (Å²) in [6.45, 7) is 10.4. The molecule has 2 fully saturated rings. The Morgan fingerprint density at radius 3 is 2.05 bits per heavy atom. The fourth-order valence-electron chi connectivity index (χ4n) is 3.40. The summed E-state index contributed by atoms with van der Waals surface area (Å²) in [6.07, 6.45) is -2.23. The Bertz CT molecular complexity index is 436. The number of hydrogen-bond donors (Lipinski definition) is 4. The first kappa shape index (κ1) is 16.6. The van der Waals surface area contributed by atoms with Crippen LogP contribution >= 0.6 is 0 Å². The van der Waals surface area contributed by atoms with Crippen LogP contribution < -0.4 is 0 Å². The van der Waals surface area contributed by atoms with Gasteiger partial charge in [-0.3, -0.25) is 0 Å².